The van der Waals surface area contributed by atoms with Gasteiger partial charge in [0.25, 0.3) is 0 Å². The van der Waals surface area contributed by atoms with Gasteiger partial charge >= 0.3 is 0 Å². The minimum Gasteiger partial charge on any atom is -0.265 e. The van der Waals surface area contributed by atoms with E-state index >= 15 is 0 Å². The Morgan fingerprint density at radius 3 is 0.864 bits per heavy atom. The van der Waals surface area contributed by atoms with E-state index in [1.165, 1.54) is 55.6 Å². The Morgan fingerprint density at radius 1 is 0.295 bits per heavy atom. The summed E-state index contributed by atoms with van der Waals surface area (Å²) in [5.74, 6) is 0. The third-order valence-electron chi connectivity index (χ3n) is 8.00. The van der Waals surface area contributed by atoms with Crippen molar-refractivity contribution in [2.75, 3.05) is 0 Å². The van der Waals surface area contributed by atoms with E-state index < -0.39 is 0 Å². The van der Waals surface area contributed by atoms with Crippen molar-refractivity contribution in [3.8, 4) is 44.5 Å². The highest BCUT2D eigenvalue weighted by molar-refractivity contribution is 5.70. The molecule has 210 valence electrons. The molecule has 0 fully saturated rings. The average molecular weight is 569 g/mol. The third-order valence-corrected chi connectivity index (χ3v) is 8.00. The molecule has 4 aromatic heterocycles. The van der Waals surface area contributed by atoms with Crippen LogP contribution in [0.5, 0.6) is 0 Å². The van der Waals surface area contributed by atoms with Crippen molar-refractivity contribution >= 4 is 0 Å². The lowest BCUT2D eigenvalue weighted by Crippen LogP contribution is -2.32. The molecule has 4 nitrogen and oxygen atoms in total. The molecule has 0 saturated heterocycles. The van der Waals surface area contributed by atoms with Crippen LogP contribution in [0.2, 0.25) is 0 Å². The molecule has 4 heterocycles. The van der Waals surface area contributed by atoms with Gasteiger partial charge in [0.2, 0.25) is 0 Å². The molecule has 0 saturated carbocycles. The van der Waals surface area contributed by atoms with Gasteiger partial charge in [0, 0.05) is 60.2 Å². The summed E-state index contributed by atoms with van der Waals surface area (Å²) in [6, 6.07) is 43.3. The van der Waals surface area contributed by atoms with Crippen molar-refractivity contribution in [3.63, 3.8) is 0 Å². The van der Waals surface area contributed by atoms with Gasteiger partial charge < -0.3 is 0 Å². The molecule has 44 heavy (non-hydrogen) atoms. The normalized spacial score (nSPS) is 10.9. The van der Waals surface area contributed by atoms with Crippen molar-refractivity contribution < 1.29 is 9.13 Å². The molecule has 0 unspecified atom stereocenters. The van der Waals surface area contributed by atoms with Crippen LogP contribution in [0.3, 0.4) is 0 Å². The molecule has 0 aliphatic heterocycles. The Hall–Kier alpha value is -5.74. The quantitative estimate of drug-likeness (QED) is 0.175. The fourth-order valence-corrected chi connectivity index (χ4v) is 5.48. The summed E-state index contributed by atoms with van der Waals surface area (Å²) in [4.78, 5) is 8.21. The molecule has 3 aromatic carbocycles. The van der Waals surface area contributed by atoms with Crippen molar-refractivity contribution in [2.24, 2.45) is 0 Å². The van der Waals surface area contributed by atoms with Crippen LogP contribution >= 0.6 is 0 Å². The molecule has 0 N–H and O–H groups in total. The number of aromatic nitrogens is 4. The largest absolute Gasteiger partial charge is 0.265 e. The SMILES string of the molecule is c1cc(-c2cc[n+](Cc3ccc(-c4ccc(-c5ccc(C[n+]6ccc(-c7ccncc7)cc6)cc5)cc4)cc3)cc2)ccn1. The highest BCUT2D eigenvalue weighted by atomic mass is 14.9. The fourth-order valence-electron chi connectivity index (χ4n) is 5.48. The first-order valence-corrected chi connectivity index (χ1v) is 14.8. The standard InChI is InChI=1S/C40H32N4/c1-5-33(6-2-31(1)29-43-25-17-39(18-26-43)37-13-21-41-22-14-37)35-9-11-36(12-10-35)34-7-3-32(4-8-34)30-44-27-19-40(20-28-44)38-15-23-42-24-16-38/h1-28H,29-30H2/q+2. The Balaban J connectivity index is 0.966. The van der Waals surface area contributed by atoms with Crippen LogP contribution in [0.4, 0.5) is 0 Å². The van der Waals surface area contributed by atoms with Crippen molar-refractivity contribution in [1.82, 2.24) is 9.97 Å². The third kappa shape index (κ3) is 6.35. The molecule has 0 radical (unpaired) electrons. The summed E-state index contributed by atoms with van der Waals surface area (Å²) in [5.41, 5.74) is 12.2. The Bertz CT molecular complexity index is 1790. The van der Waals surface area contributed by atoms with Gasteiger partial charge in [-0.2, -0.15) is 0 Å². The highest BCUT2D eigenvalue weighted by Gasteiger charge is 2.08. The summed E-state index contributed by atoms with van der Waals surface area (Å²) in [6.45, 7) is 1.67. The molecule has 0 spiro atoms. The van der Waals surface area contributed by atoms with Crippen LogP contribution in [-0.2, 0) is 13.1 Å². The van der Waals surface area contributed by atoms with Crippen molar-refractivity contribution in [3.05, 3.63) is 182 Å². The zero-order valence-corrected chi connectivity index (χ0v) is 24.4. The maximum Gasteiger partial charge on any atom is 0.173 e. The second-order valence-corrected chi connectivity index (χ2v) is 11.0. The monoisotopic (exact) mass is 568 g/mol. The summed E-state index contributed by atoms with van der Waals surface area (Å²) in [5, 5.41) is 0. The minimum atomic E-state index is 0.835. The number of nitrogens with zero attached hydrogens (tertiary/aromatic N) is 4. The maximum atomic E-state index is 4.11. The molecule has 7 aromatic rings. The van der Waals surface area contributed by atoms with Crippen LogP contribution in [0.1, 0.15) is 11.1 Å². The maximum absolute atomic E-state index is 4.11. The predicted molar refractivity (Wildman–Crippen MR) is 175 cm³/mol. The molecular weight excluding hydrogens is 536 g/mol. The second kappa shape index (κ2) is 12.6. The lowest BCUT2D eigenvalue weighted by molar-refractivity contribution is -0.688. The lowest BCUT2D eigenvalue weighted by atomic mass is 9.99. The molecule has 0 aliphatic carbocycles. The van der Waals surface area contributed by atoms with Crippen LogP contribution in [0, 0.1) is 0 Å². The van der Waals surface area contributed by atoms with E-state index in [1.54, 1.807) is 0 Å². The number of benzene rings is 3. The molecule has 7 rings (SSSR count). The van der Waals surface area contributed by atoms with E-state index in [2.05, 4.69) is 141 Å². The van der Waals surface area contributed by atoms with Gasteiger partial charge in [-0.1, -0.05) is 72.8 Å². The number of pyridine rings is 4. The van der Waals surface area contributed by atoms with E-state index in [-0.39, 0.29) is 0 Å². The van der Waals surface area contributed by atoms with Crippen LogP contribution < -0.4 is 9.13 Å². The van der Waals surface area contributed by atoms with E-state index in [4.69, 9.17) is 0 Å². The Kier molecular flexibility index (Phi) is 7.79. The first-order valence-electron chi connectivity index (χ1n) is 14.8. The number of hydrogen-bond donors (Lipinski definition) is 0. The molecule has 0 amide bonds. The van der Waals surface area contributed by atoms with Crippen molar-refractivity contribution in [1.29, 1.82) is 0 Å². The lowest BCUT2D eigenvalue weighted by Gasteiger charge is -2.07. The van der Waals surface area contributed by atoms with E-state index in [0.29, 0.717) is 0 Å². The summed E-state index contributed by atoms with van der Waals surface area (Å²) in [6.07, 6.45) is 15.9. The Labute approximate surface area is 258 Å². The highest BCUT2D eigenvalue weighted by Crippen LogP contribution is 2.26. The van der Waals surface area contributed by atoms with Crippen LogP contribution in [0.15, 0.2) is 171 Å². The average Bonchev–Trinajstić information content (AvgIpc) is 3.11. The second-order valence-electron chi connectivity index (χ2n) is 11.0. The first-order chi connectivity index (χ1) is 21.8. The summed E-state index contributed by atoms with van der Waals surface area (Å²) in [7, 11) is 0. The number of rotatable bonds is 8. The fraction of sp³-hybridized carbons (Fsp3) is 0.0500. The predicted octanol–water partition coefficient (Wildman–Crippen LogP) is 7.82. The Morgan fingerprint density at radius 2 is 0.545 bits per heavy atom. The van der Waals surface area contributed by atoms with Gasteiger partial charge in [0.05, 0.1) is 0 Å². The number of hydrogen-bond acceptors (Lipinski definition) is 2. The molecule has 4 heteroatoms. The van der Waals surface area contributed by atoms with E-state index in [1.807, 2.05) is 49.1 Å². The van der Waals surface area contributed by atoms with Gasteiger partial charge in [0.1, 0.15) is 0 Å². The topological polar surface area (TPSA) is 33.5 Å². The van der Waals surface area contributed by atoms with Gasteiger partial charge in [-0.15, -0.1) is 0 Å². The van der Waals surface area contributed by atoms with Gasteiger partial charge in [-0.05, 0) is 68.8 Å². The van der Waals surface area contributed by atoms with E-state index in [9.17, 15) is 0 Å². The first kappa shape index (κ1) is 27.1. The zero-order chi connectivity index (χ0) is 29.6. The summed E-state index contributed by atoms with van der Waals surface area (Å²) < 4.78 is 4.41. The zero-order valence-electron chi connectivity index (χ0n) is 24.4. The molecule has 0 atom stereocenters. The molecular formula is C40H32N4+2. The van der Waals surface area contributed by atoms with Crippen molar-refractivity contribution in [2.45, 2.75) is 13.1 Å². The summed E-state index contributed by atoms with van der Waals surface area (Å²) >= 11 is 0. The smallest absolute Gasteiger partial charge is 0.173 e. The minimum absolute atomic E-state index is 0.835. The van der Waals surface area contributed by atoms with Crippen LogP contribution in [0.25, 0.3) is 44.5 Å². The van der Waals surface area contributed by atoms with Gasteiger partial charge in [-0.3, -0.25) is 9.97 Å². The van der Waals surface area contributed by atoms with Crippen LogP contribution in [-0.4, -0.2) is 9.97 Å². The molecule has 0 bridgehead atoms. The van der Waals surface area contributed by atoms with E-state index in [0.717, 1.165) is 13.1 Å². The molecule has 0 aliphatic rings. The van der Waals surface area contributed by atoms with Gasteiger partial charge in [0.15, 0.2) is 37.9 Å². The van der Waals surface area contributed by atoms with Gasteiger partial charge in [-0.25, -0.2) is 9.13 Å².